The van der Waals surface area contributed by atoms with Gasteiger partial charge in [-0.15, -0.1) is 0 Å². The zero-order valence-electron chi connectivity index (χ0n) is 10.2. The molecule has 1 amide bonds. The van der Waals surface area contributed by atoms with Crippen molar-refractivity contribution in [1.82, 2.24) is 4.98 Å². The van der Waals surface area contributed by atoms with Gasteiger partial charge in [0.2, 0.25) is 0 Å². The van der Waals surface area contributed by atoms with E-state index in [9.17, 15) is 9.59 Å². The first-order chi connectivity index (χ1) is 9.86. The number of carbonyl (C=O) groups excluding carboxylic acids is 1. The van der Waals surface area contributed by atoms with Crippen molar-refractivity contribution in [1.29, 1.82) is 0 Å². The van der Waals surface area contributed by atoms with Crippen LogP contribution in [0, 0.1) is 0 Å². The average Bonchev–Trinajstić information content (AvgIpc) is 2.41. The number of carbonyl (C=O) groups is 2. The molecule has 5 nitrogen and oxygen atoms in total. The van der Waals surface area contributed by atoms with Gasteiger partial charge in [0.05, 0.1) is 16.1 Å². The highest BCUT2D eigenvalue weighted by Crippen LogP contribution is 2.22. The molecule has 108 valence electrons. The predicted molar refractivity (Wildman–Crippen MR) is 83.3 cm³/mol. The number of nitrogens with zero attached hydrogens (tertiary/aromatic N) is 1. The maximum Gasteiger partial charge on any atom is 0.335 e. The first-order valence-corrected chi connectivity index (χ1v) is 7.08. The second kappa shape index (κ2) is 6.43. The summed E-state index contributed by atoms with van der Waals surface area (Å²) in [6.45, 7) is 0. The van der Waals surface area contributed by atoms with Gasteiger partial charge in [-0.2, -0.15) is 0 Å². The molecule has 21 heavy (non-hydrogen) atoms. The molecule has 0 bridgehead atoms. The number of rotatable bonds is 3. The van der Waals surface area contributed by atoms with Crippen LogP contribution in [0.1, 0.15) is 20.7 Å². The molecule has 0 unspecified atom stereocenters. The van der Waals surface area contributed by atoms with Gasteiger partial charge in [0.25, 0.3) is 5.91 Å². The molecule has 0 atom stereocenters. The summed E-state index contributed by atoms with van der Waals surface area (Å²) in [7, 11) is 0. The monoisotopic (exact) mass is 388 g/mol. The predicted octanol–water partition coefficient (Wildman–Crippen LogP) is 4.10. The summed E-state index contributed by atoms with van der Waals surface area (Å²) in [6, 6.07) is 5.73. The summed E-state index contributed by atoms with van der Waals surface area (Å²) >= 11 is 14.7. The molecule has 2 N–H and O–H groups in total. The fraction of sp³-hybridized carbons (Fsp3) is 0. The molecule has 2 rings (SSSR count). The molecule has 8 heteroatoms. The van der Waals surface area contributed by atoms with E-state index in [2.05, 4.69) is 26.2 Å². The van der Waals surface area contributed by atoms with Gasteiger partial charge in [0, 0.05) is 16.4 Å². The van der Waals surface area contributed by atoms with Crippen molar-refractivity contribution in [2.45, 2.75) is 0 Å². The minimum absolute atomic E-state index is 0.0481. The normalized spacial score (nSPS) is 10.2. The molecule has 1 aromatic carbocycles. The SMILES string of the molecule is O=C(O)c1cc(Br)cc(NC(=O)c2cnc(Cl)c(Cl)c2)c1. The molecule has 0 spiro atoms. The van der Waals surface area contributed by atoms with E-state index >= 15 is 0 Å². The van der Waals surface area contributed by atoms with Crippen molar-refractivity contribution < 1.29 is 14.7 Å². The molecule has 0 aliphatic heterocycles. The number of nitrogens with one attached hydrogen (secondary N) is 1. The van der Waals surface area contributed by atoms with E-state index in [0.717, 1.165) is 0 Å². The number of hydrogen-bond donors (Lipinski definition) is 2. The lowest BCUT2D eigenvalue weighted by molar-refractivity contribution is 0.0696. The van der Waals surface area contributed by atoms with Crippen molar-refractivity contribution >= 4 is 56.7 Å². The van der Waals surface area contributed by atoms with Gasteiger partial charge in [0.1, 0.15) is 5.15 Å². The van der Waals surface area contributed by atoms with Crippen LogP contribution < -0.4 is 5.32 Å². The Bertz CT molecular complexity index is 737. The molecule has 0 fully saturated rings. The third kappa shape index (κ3) is 3.93. The highest BCUT2D eigenvalue weighted by atomic mass is 79.9. The Balaban J connectivity index is 2.27. The Labute approximate surface area is 138 Å². The highest BCUT2D eigenvalue weighted by molar-refractivity contribution is 9.10. The van der Waals surface area contributed by atoms with Crippen LogP contribution in [0.2, 0.25) is 10.2 Å². The van der Waals surface area contributed by atoms with E-state index in [1.54, 1.807) is 6.07 Å². The van der Waals surface area contributed by atoms with Crippen LogP contribution in [-0.4, -0.2) is 22.0 Å². The van der Waals surface area contributed by atoms with Crippen LogP contribution in [0.4, 0.5) is 5.69 Å². The Morgan fingerprint density at radius 2 is 1.86 bits per heavy atom. The fourth-order valence-corrected chi connectivity index (χ4v) is 2.30. The van der Waals surface area contributed by atoms with Crippen LogP contribution in [0.3, 0.4) is 0 Å². The number of amides is 1. The van der Waals surface area contributed by atoms with Crippen molar-refractivity contribution in [2.75, 3.05) is 5.32 Å². The van der Waals surface area contributed by atoms with Crippen LogP contribution in [0.25, 0.3) is 0 Å². The highest BCUT2D eigenvalue weighted by Gasteiger charge is 2.12. The standard InChI is InChI=1S/C13H7BrCl2N2O3/c14-8-1-6(13(20)21)2-9(4-8)18-12(19)7-3-10(15)11(16)17-5-7/h1-5H,(H,18,19)(H,20,21). The number of carboxylic acids is 1. The lowest BCUT2D eigenvalue weighted by atomic mass is 10.2. The van der Waals surface area contributed by atoms with Crippen molar-refractivity contribution in [3.8, 4) is 0 Å². The number of halogens is 3. The summed E-state index contributed by atoms with van der Waals surface area (Å²) in [5.41, 5.74) is 0.589. The summed E-state index contributed by atoms with van der Waals surface area (Å²) in [6.07, 6.45) is 1.28. The Morgan fingerprint density at radius 3 is 2.48 bits per heavy atom. The zero-order valence-corrected chi connectivity index (χ0v) is 13.3. The molecule has 2 aromatic rings. The summed E-state index contributed by atoms with van der Waals surface area (Å²) in [5, 5.41) is 11.8. The molecule has 0 aliphatic carbocycles. The third-order valence-corrected chi connectivity index (χ3v) is 3.60. The Morgan fingerprint density at radius 1 is 1.14 bits per heavy atom. The number of pyridine rings is 1. The van der Waals surface area contributed by atoms with Crippen LogP contribution in [0.15, 0.2) is 34.9 Å². The molecule has 1 aromatic heterocycles. The van der Waals surface area contributed by atoms with E-state index in [4.69, 9.17) is 28.3 Å². The van der Waals surface area contributed by atoms with Crippen LogP contribution in [0.5, 0.6) is 0 Å². The number of hydrogen-bond acceptors (Lipinski definition) is 3. The number of benzene rings is 1. The minimum Gasteiger partial charge on any atom is -0.478 e. The number of anilines is 1. The second-order valence-electron chi connectivity index (χ2n) is 3.98. The lowest BCUT2D eigenvalue weighted by Crippen LogP contribution is -2.13. The van der Waals surface area contributed by atoms with E-state index < -0.39 is 11.9 Å². The van der Waals surface area contributed by atoms with Gasteiger partial charge in [-0.05, 0) is 24.3 Å². The average molecular weight is 390 g/mol. The number of aromatic carboxylic acids is 1. The Hall–Kier alpha value is -1.63. The van der Waals surface area contributed by atoms with Crippen LogP contribution in [-0.2, 0) is 0 Å². The Kier molecular flexibility index (Phi) is 4.82. The maximum absolute atomic E-state index is 12.1. The summed E-state index contributed by atoms with van der Waals surface area (Å²) in [5.74, 6) is -1.57. The molecule has 0 radical (unpaired) electrons. The van der Waals surface area contributed by atoms with E-state index in [0.29, 0.717) is 10.2 Å². The maximum atomic E-state index is 12.1. The molecule has 1 heterocycles. The van der Waals surface area contributed by atoms with Gasteiger partial charge in [-0.1, -0.05) is 39.1 Å². The molecule has 0 aliphatic rings. The third-order valence-electron chi connectivity index (χ3n) is 2.46. The minimum atomic E-state index is -1.09. The first-order valence-electron chi connectivity index (χ1n) is 5.53. The van der Waals surface area contributed by atoms with Crippen LogP contribution >= 0.6 is 39.1 Å². The van der Waals surface area contributed by atoms with Crippen molar-refractivity contribution in [2.24, 2.45) is 0 Å². The fourth-order valence-electron chi connectivity index (χ4n) is 1.53. The number of aromatic nitrogens is 1. The molecular weight excluding hydrogens is 383 g/mol. The number of carboxylic acid groups (broad SMARTS) is 1. The summed E-state index contributed by atoms with van der Waals surface area (Å²) < 4.78 is 0.532. The van der Waals surface area contributed by atoms with Gasteiger partial charge in [0.15, 0.2) is 0 Å². The van der Waals surface area contributed by atoms with Crippen molar-refractivity contribution in [3.05, 3.63) is 56.2 Å². The van der Waals surface area contributed by atoms with Crippen molar-refractivity contribution in [3.63, 3.8) is 0 Å². The molecular formula is C13H7BrCl2N2O3. The molecule has 0 saturated carbocycles. The lowest BCUT2D eigenvalue weighted by Gasteiger charge is -2.07. The van der Waals surface area contributed by atoms with E-state index in [1.807, 2.05) is 0 Å². The summed E-state index contributed by atoms with van der Waals surface area (Å²) in [4.78, 5) is 26.8. The molecule has 0 saturated heterocycles. The first kappa shape index (κ1) is 15.8. The van der Waals surface area contributed by atoms with Gasteiger partial charge < -0.3 is 10.4 Å². The van der Waals surface area contributed by atoms with E-state index in [-0.39, 0.29) is 21.3 Å². The topological polar surface area (TPSA) is 79.3 Å². The second-order valence-corrected chi connectivity index (χ2v) is 5.67. The largest absolute Gasteiger partial charge is 0.478 e. The van der Waals surface area contributed by atoms with E-state index in [1.165, 1.54) is 24.4 Å². The smallest absolute Gasteiger partial charge is 0.335 e. The zero-order chi connectivity index (χ0) is 15.6. The van der Waals surface area contributed by atoms with Gasteiger partial charge in [-0.3, -0.25) is 4.79 Å². The van der Waals surface area contributed by atoms with Gasteiger partial charge >= 0.3 is 5.97 Å². The van der Waals surface area contributed by atoms with Gasteiger partial charge in [-0.25, -0.2) is 9.78 Å². The quantitative estimate of drug-likeness (QED) is 0.774.